The van der Waals surface area contributed by atoms with Gasteiger partial charge in [-0.05, 0) is 12.2 Å². The van der Waals surface area contributed by atoms with E-state index in [2.05, 4.69) is 0 Å². The second-order valence-corrected chi connectivity index (χ2v) is 10.8. The summed E-state index contributed by atoms with van der Waals surface area (Å²) >= 11 is 0. The van der Waals surface area contributed by atoms with Gasteiger partial charge in [-0.3, -0.25) is 14.1 Å². The molecule has 2 aromatic rings. The maximum atomic E-state index is 14.9. The molecule has 11 heteroatoms. The van der Waals surface area contributed by atoms with E-state index in [0.29, 0.717) is 0 Å². The summed E-state index contributed by atoms with van der Waals surface area (Å²) in [7, 11) is -5.24. The van der Waals surface area contributed by atoms with Crippen molar-refractivity contribution in [2.45, 2.75) is 41.8 Å². The number of aliphatic hydroxyl groups is 2. The third-order valence-electron chi connectivity index (χ3n) is 6.60. The molecule has 3 N–H and O–H groups in total. The number of aliphatic hydroxyl groups excluding tert-OH is 2. The molecular formula is C26H24F2O8S. The summed E-state index contributed by atoms with van der Waals surface area (Å²) in [6.45, 7) is -0.961. The van der Waals surface area contributed by atoms with E-state index in [1.54, 1.807) is 36.4 Å². The van der Waals surface area contributed by atoms with E-state index in [1.165, 1.54) is 30.3 Å². The molecule has 0 aromatic heterocycles. The van der Waals surface area contributed by atoms with Gasteiger partial charge in [-0.15, -0.1) is 0 Å². The third-order valence-corrected chi connectivity index (χ3v) is 8.06. The number of hydrogen-bond donors (Lipinski definition) is 3. The number of allylic oxidation sites excluding steroid dienone is 3. The van der Waals surface area contributed by atoms with E-state index < -0.39 is 70.1 Å². The van der Waals surface area contributed by atoms with Gasteiger partial charge in [-0.1, -0.05) is 60.7 Å². The molecule has 0 amide bonds. The standard InChI is InChI=1S/C26H24F2O8S/c27-26(28)21(36-20(15-29)24(26)32)14-25(37(33,34)35)12-18(22(30)16-7-3-1-4-8-16)11-19(13-25)23(31)17-9-5-2-6-10-17/h1-12,20-21,24,29,32H,13-15H2,(H,33,34,35)/t20-,21?,24-,25?/m1/s1. The monoisotopic (exact) mass is 534 g/mol. The molecule has 2 unspecified atom stereocenters. The van der Waals surface area contributed by atoms with Gasteiger partial charge in [0.2, 0.25) is 0 Å². The van der Waals surface area contributed by atoms with E-state index in [9.17, 15) is 41.6 Å². The van der Waals surface area contributed by atoms with E-state index in [1.807, 2.05) is 0 Å². The van der Waals surface area contributed by atoms with E-state index in [0.717, 1.165) is 6.08 Å². The van der Waals surface area contributed by atoms with Crippen LogP contribution in [0.25, 0.3) is 0 Å². The Balaban J connectivity index is 1.85. The number of halogens is 2. The number of hydrogen-bond acceptors (Lipinski definition) is 7. The van der Waals surface area contributed by atoms with Gasteiger partial charge in [0.25, 0.3) is 10.1 Å². The fourth-order valence-electron chi connectivity index (χ4n) is 4.60. The van der Waals surface area contributed by atoms with Crippen LogP contribution in [0.4, 0.5) is 8.78 Å². The maximum Gasteiger partial charge on any atom is 0.301 e. The minimum Gasteiger partial charge on any atom is -0.394 e. The first-order valence-corrected chi connectivity index (χ1v) is 12.8. The molecule has 2 aliphatic rings. The Morgan fingerprint density at radius 2 is 1.51 bits per heavy atom. The summed E-state index contributed by atoms with van der Waals surface area (Å²) in [4.78, 5) is 26.6. The number of carbonyl (C=O) groups excluding carboxylic acids is 2. The highest BCUT2D eigenvalue weighted by Gasteiger charge is 2.61. The van der Waals surface area contributed by atoms with E-state index in [4.69, 9.17) is 4.74 Å². The lowest BCUT2D eigenvalue weighted by Gasteiger charge is -2.35. The molecule has 4 atom stereocenters. The van der Waals surface area contributed by atoms with Crippen molar-refractivity contribution in [3.63, 3.8) is 0 Å². The van der Waals surface area contributed by atoms with Gasteiger partial charge in [0, 0.05) is 35.1 Å². The van der Waals surface area contributed by atoms with Crippen LogP contribution in [0.3, 0.4) is 0 Å². The summed E-state index contributed by atoms with van der Waals surface area (Å²) in [5.74, 6) is -5.35. The van der Waals surface area contributed by atoms with Crippen molar-refractivity contribution in [3.8, 4) is 0 Å². The van der Waals surface area contributed by atoms with Gasteiger partial charge in [-0.25, -0.2) is 8.78 Å². The largest absolute Gasteiger partial charge is 0.394 e. The Labute approximate surface area is 211 Å². The molecule has 0 spiro atoms. The lowest BCUT2D eigenvalue weighted by Crippen LogP contribution is -2.48. The number of alkyl halides is 2. The zero-order valence-electron chi connectivity index (χ0n) is 19.3. The molecular weight excluding hydrogens is 510 g/mol. The maximum absolute atomic E-state index is 14.9. The molecule has 8 nitrogen and oxygen atoms in total. The van der Waals surface area contributed by atoms with Crippen molar-refractivity contribution in [2.75, 3.05) is 6.61 Å². The Kier molecular flexibility index (Phi) is 7.28. The summed E-state index contributed by atoms with van der Waals surface area (Å²) in [6, 6.07) is 15.4. The molecule has 1 heterocycles. The zero-order chi connectivity index (χ0) is 27.0. The molecule has 1 aliphatic carbocycles. The topological polar surface area (TPSA) is 138 Å². The normalized spacial score (nSPS) is 27.3. The summed E-state index contributed by atoms with van der Waals surface area (Å²) in [5, 5.41) is 19.2. The summed E-state index contributed by atoms with van der Waals surface area (Å²) in [5.41, 5.74) is -0.202. The van der Waals surface area contributed by atoms with Gasteiger partial charge in [0.1, 0.15) is 23.1 Å². The second-order valence-electron chi connectivity index (χ2n) is 9.05. The minimum atomic E-state index is -5.24. The van der Waals surface area contributed by atoms with Crippen LogP contribution in [0.2, 0.25) is 0 Å². The molecule has 1 fully saturated rings. The Morgan fingerprint density at radius 1 is 0.973 bits per heavy atom. The van der Waals surface area contributed by atoms with Gasteiger partial charge < -0.3 is 14.9 Å². The van der Waals surface area contributed by atoms with Crippen molar-refractivity contribution in [3.05, 3.63) is 95.1 Å². The number of ether oxygens (including phenoxy) is 1. The predicted octanol–water partition coefficient (Wildman–Crippen LogP) is 2.78. The average molecular weight is 535 g/mol. The van der Waals surface area contributed by atoms with Gasteiger partial charge in [-0.2, -0.15) is 8.42 Å². The van der Waals surface area contributed by atoms with Crippen LogP contribution in [0, 0.1) is 0 Å². The SMILES string of the molecule is O=C(C1=CC(CC2O[C@H](CO)[C@@H](O)C2(F)F)(S(=O)(=O)O)CC(C(=O)c2ccccc2)=C1)c1ccccc1. The highest BCUT2D eigenvalue weighted by molar-refractivity contribution is 7.87. The van der Waals surface area contributed by atoms with Crippen LogP contribution in [-0.2, 0) is 14.9 Å². The van der Waals surface area contributed by atoms with Gasteiger partial charge in [0.05, 0.1) is 6.61 Å². The Bertz CT molecular complexity index is 1360. The van der Waals surface area contributed by atoms with Gasteiger partial charge >= 0.3 is 5.92 Å². The number of Topliss-reactive ketones (excluding diaryl/α,β-unsaturated/α-hetero) is 2. The smallest absolute Gasteiger partial charge is 0.301 e. The molecule has 0 radical (unpaired) electrons. The first kappa shape index (κ1) is 27.0. The molecule has 0 bridgehead atoms. The fraction of sp³-hybridized carbons (Fsp3) is 0.308. The van der Waals surface area contributed by atoms with Crippen molar-refractivity contribution in [1.29, 1.82) is 0 Å². The summed E-state index contributed by atoms with van der Waals surface area (Å²) in [6.07, 6.45) is -6.17. The number of rotatable bonds is 8. The molecule has 2 aromatic carbocycles. The van der Waals surface area contributed by atoms with Crippen LogP contribution < -0.4 is 0 Å². The van der Waals surface area contributed by atoms with Crippen molar-refractivity contribution >= 4 is 21.7 Å². The average Bonchev–Trinajstić information content (AvgIpc) is 3.10. The molecule has 196 valence electrons. The lowest BCUT2D eigenvalue weighted by molar-refractivity contribution is -0.115. The van der Waals surface area contributed by atoms with Crippen LogP contribution >= 0.6 is 0 Å². The first-order valence-electron chi connectivity index (χ1n) is 11.3. The van der Waals surface area contributed by atoms with Crippen LogP contribution in [-0.4, -0.2) is 70.3 Å². The van der Waals surface area contributed by atoms with Crippen molar-refractivity contribution in [2.24, 2.45) is 0 Å². The lowest BCUT2D eigenvalue weighted by atomic mass is 9.80. The van der Waals surface area contributed by atoms with E-state index in [-0.39, 0.29) is 22.3 Å². The third kappa shape index (κ3) is 5.05. The minimum absolute atomic E-state index is 0.140. The van der Waals surface area contributed by atoms with E-state index >= 15 is 0 Å². The zero-order valence-corrected chi connectivity index (χ0v) is 20.1. The van der Waals surface area contributed by atoms with Crippen LogP contribution in [0.1, 0.15) is 33.6 Å². The van der Waals surface area contributed by atoms with Crippen LogP contribution in [0.15, 0.2) is 84.0 Å². The fourth-order valence-corrected chi connectivity index (χ4v) is 5.58. The highest BCUT2D eigenvalue weighted by Crippen LogP contribution is 2.45. The molecule has 4 rings (SSSR count). The first-order chi connectivity index (χ1) is 17.4. The second kappa shape index (κ2) is 9.99. The number of ketones is 2. The van der Waals surface area contributed by atoms with Crippen molar-refractivity contribution < 1.29 is 46.3 Å². The number of benzene rings is 2. The Morgan fingerprint density at radius 3 is 2.00 bits per heavy atom. The number of carbonyl (C=O) groups is 2. The molecule has 1 aliphatic heterocycles. The Hall–Kier alpha value is -3.09. The van der Waals surface area contributed by atoms with Crippen molar-refractivity contribution in [1.82, 2.24) is 0 Å². The molecule has 0 saturated carbocycles. The quantitative estimate of drug-likeness (QED) is 0.347. The van der Waals surface area contributed by atoms with Crippen LogP contribution in [0.5, 0.6) is 0 Å². The van der Waals surface area contributed by atoms with Gasteiger partial charge in [0.15, 0.2) is 11.6 Å². The molecule has 37 heavy (non-hydrogen) atoms. The predicted molar refractivity (Wildman–Crippen MR) is 128 cm³/mol. The molecule has 1 saturated heterocycles. The summed E-state index contributed by atoms with van der Waals surface area (Å²) < 4.78 is 68.1. The highest BCUT2D eigenvalue weighted by atomic mass is 32.2.